The number of ether oxygens (including phenoxy) is 1. The van der Waals surface area contributed by atoms with Crippen LogP contribution in [0.4, 0.5) is 11.4 Å². The van der Waals surface area contributed by atoms with Crippen LogP contribution in [0.25, 0.3) is 5.57 Å². The smallest absolute Gasteiger partial charge is 0.301 e. The average Bonchev–Trinajstić information content (AvgIpc) is 2.85. The van der Waals surface area contributed by atoms with Gasteiger partial charge in [-0.3, -0.25) is 14.4 Å². The predicted molar refractivity (Wildman–Crippen MR) is 95.8 cm³/mol. The van der Waals surface area contributed by atoms with E-state index in [1.165, 1.54) is 14.0 Å². The lowest BCUT2D eigenvalue weighted by atomic mass is 10.1. The summed E-state index contributed by atoms with van der Waals surface area (Å²) in [4.78, 5) is 37.1. The highest BCUT2D eigenvalue weighted by Crippen LogP contribution is 2.33. The van der Waals surface area contributed by atoms with Crippen LogP contribution in [0.1, 0.15) is 12.5 Å². The topological polar surface area (TPSA) is 95.9 Å². The molecule has 26 heavy (non-hydrogen) atoms. The van der Waals surface area contributed by atoms with E-state index in [1.54, 1.807) is 48.5 Å². The molecule has 7 heteroatoms. The maximum absolute atomic E-state index is 12.7. The molecule has 0 aliphatic carbocycles. The molecular formula is C19H16N2O5. The molecule has 0 spiro atoms. The summed E-state index contributed by atoms with van der Waals surface area (Å²) in [6.45, 7) is 1.38. The fourth-order valence-electron chi connectivity index (χ4n) is 2.67. The van der Waals surface area contributed by atoms with E-state index in [-0.39, 0.29) is 11.5 Å². The van der Waals surface area contributed by atoms with Gasteiger partial charge in [-0.1, -0.05) is 12.1 Å². The number of hydrogen-bond acceptors (Lipinski definition) is 5. The zero-order valence-corrected chi connectivity index (χ0v) is 14.1. The quantitative estimate of drug-likeness (QED) is 0.824. The second kappa shape index (κ2) is 6.72. The minimum Gasteiger partial charge on any atom is -0.502 e. The van der Waals surface area contributed by atoms with Crippen molar-refractivity contribution < 1.29 is 24.2 Å². The van der Waals surface area contributed by atoms with Crippen molar-refractivity contribution in [1.82, 2.24) is 0 Å². The first-order chi connectivity index (χ1) is 12.4. The minimum absolute atomic E-state index is 0.0832. The monoisotopic (exact) mass is 352 g/mol. The first-order valence-electron chi connectivity index (χ1n) is 7.76. The molecule has 0 atom stereocenters. The van der Waals surface area contributed by atoms with Gasteiger partial charge >= 0.3 is 5.91 Å². The zero-order chi connectivity index (χ0) is 18.8. The molecule has 2 N–H and O–H groups in total. The fourth-order valence-corrected chi connectivity index (χ4v) is 2.67. The average molecular weight is 352 g/mol. The lowest BCUT2D eigenvalue weighted by molar-refractivity contribution is -0.121. The third-order valence-corrected chi connectivity index (χ3v) is 3.88. The molecule has 0 fully saturated rings. The van der Waals surface area contributed by atoms with Gasteiger partial charge in [-0.05, 0) is 42.0 Å². The second-order valence-electron chi connectivity index (χ2n) is 5.63. The molecule has 7 nitrogen and oxygen atoms in total. The summed E-state index contributed by atoms with van der Waals surface area (Å²) in [5.74, 6) is -1.67. The van der Waals surface area contributed by atoms with Crippen molar-refractivity contribution in [3.8, 4) is 5.75 Å². The Morgan fingerprint density at radius 1 is 1.00 bits per heavy atom. The molecule has 0 radical (unpaired) electrons. The molecule has 1 aliphatic heterocycles. The largest absolute Gasteiger partial charge is 0.502 e. The number of aliphatic hydroxyl groups excluding tert-OH is 1. The maximum Gasteiger partial charge on any atom is 0.301 e. The van der Waals surface area contributed by atoms with Crippen LogP contribution in [0.5, 0.6) is 5.75 Å². The van der Waals surface area contributed by atoms with Crippen molar-refractivity contribution >= 4 is 34.7 Å². The molecule has 1 heterocycles. The van der Waals surface area contributed by atoms with Crippen LogP contribution >= 0.6 is 0 Å². The predicted octanol–water partition coefficient (Wildman–Crippen LogP) is 2.50. The summed E-state index contributed by atoms with van der Waals surface area (Å²) in [5, 5.41) is 12.8. The third kappa shape index (κ3) is 3.02. The normalized spacial score (nSPS) is 14.0. The number of imide groups is 1. The Hall–Kier alpha value is -3.61. The molecule has 0 unspecified atom stereocenters. The number of aliphatic hydroxyl groups is 1. The van der Waals surface area contributed by atoms with Crippen molar-refractivity contribution in [3.05, 3.63) is 59.9 Å². The molecule has 0 aromatic heterocycles. The lowest BCUT2D eigenvalue weighted by Gasteiger charge is -2.15. The van der Waals surface area contributed by atoms with E-state index >= 15 is 0 Å². The molecule has 2 aromatic rings. The lowest BCUT2D eigenvalue weighted by Crippen LogP contribution is -2.31. The van der Waals surface area contributed by atoms with Crippen LogP contribution in [0, 0.1) is 0 Å². The Kier molecular flexibility index (Phi) is 4.45. The number of carbonyl (C=O) groups is 3. The number of anilines is 2. The van der Waals surface area contributed by atoms with Crippen LogP contribution < -0.4 is 15.0 Å². The van der Waals surface area contributed by atoms with E-state index < -0.39 is 17.6 Å². The first kappa shape index (κ1) is 17.2. The second-order valence-corrected chi connectivity index (χ2v) is 5.63. The van der Waals surface area contributed by atoms with Crippen LogP contribution in [-0.4, -0.2) is 29.9 Å². The molecule has 0 saturated carbocycles. The number of hydrogen-bond donors (Lipinski definition) is 2. The number of methoxy groups -OCH3 is 1. The molecule has 2 aromatic carbocycles. The van der Waals surface area contributed by atoms with Gasteiger partial charge in [0.2, 0.25) is 5.91 Å². The van der Waals surface area contributed by atoms with Crippen LogP contribution in [0.3, 0.4) is 0 Å². The van der Waals surface area contributed by atoms with Gasteiger partial charge in [-0.25, -0.2) is 4.90 Å². The molecule has 3 rings (SSSR count). The van der Waals surface area contributed by atoms with E-state index in [1.807, 2.05) is 0 Å². The molecule has 0 bridgehead atoms. The SMILES string of the molecule is COc1ccc(N2C(=O)C(O)=C(c3ccc(NC(C)=O)cc3)C2=O)cc1. The van der Waals surface area contributed by atoms with Gasteiger partial charge in [0.25, 0.3) is 5.91 Å². The number of carbonyl (C=O) groups excluding carboxylic acids is 3. The number of benzene rings is 2. The standard InChI is InChI=1S/C19H16N2O5/c1-11(22)20-13-5-3-12(4-6-13)16-17(23)19(25)21(18(16)24)14-7-9-15(26-2)10-8-14/h3-10,23H,1-2H3,(H,20,22). The van der Waals surface area contributed by atoms with Gasteiger partial charge in [0.15, 0.2) is 5.76 Å². The Morgan fingerprint density at radius 2 is 1.62 bits per heavy atom. The number of nitrogens with zero attached hydrogens (tertiary/aromatic N) is 1. The highest BCUT2D eigenvalue weighted by atomic mass is 16.5. The van der Waals surface area contributed by atoms with Gasteiger partial charge in [0.1, 0.15) is 5.75 Å². The van der Waals surface area contributed by atoms with Gasteiger partial charge in [-0.15, -0.1) is 0 Å². The first-order valence-corrected chi connectivity index (χ1v) is 7.76. The Morgan fingerprint density at radius 3 is 2.15 bits per heavy atom. The molecule has 132 valence electrons. The number of nitrogens with one attached hydrogen (secondary N) is 1. The Labute approximate surface area is 149 Å². The van der Waals surface area contributed by atoms with Crippen LogP contribution in [-0.2, 0) is 14.4 Å². The number of amides is 3. The summed E-state index contributed by atoms with van der Waals surface area (Å²) in [6.07, 6.45) is 0. The molecule has 0 saturated heterocycles. The highest BCUT2D eigenvalue weighted by molar-refractivity contribution is 6.44. The molecule has 3 amide bonds. The van der Waals surface area contributed by atoms with E-state index in [0.29, 0.717) is 22.7 Å². The highest BCUT2D eigenvalue weighted by Gasteiger charge is 2.40. The van der Waals surface area contributed by atoms with Crippen LogP contribution in [0.15, 0.2) is 54.3 Å². The van der Waals surface area contributed by atoms with Crippen molar-refractivity contribution in [2.45, 2.75) is 6.92 Å². The zero-order valence-electron chi connectivity index (χ0n) is 14.1. The summed E-state index contributed by atoms with van der Waals surface area (Å²) >= 11 is 0. The molecular weight excluding hydrogens is 336 g/mol. The van der Waals surface area contributed by atoms with Gasteiger partial charge in [-0.2, -0.15) is 0 Å². The summed E-state index contributed by atoms with van der Waals surface area (Å²) in [7, 11) is 1.51. The van der Waals surface area contributed by atoms with Gasteiger partial charge in [0, 0.05) is 12.6 Å². The van der Waals surface area contributed by atoms with E-state index in [0.717, 1.165) is 4.90 Å². The van der Waals surface area contributed by atoms with Crippen molar-refractivity contribution in [3.63, 3.8) is 0 Å². The Balaban J connectivity index is 1.92. The van der Waals surface area contributed by atoms with Crippen molar-refractivity contribution in [2.24, 2.45) is 0 Å². The summed E-state index contributed by atoms with van der Waals surface area (Å²) in [5.41, 5.74) is 1.17. The maximum atomic E-state index is 12.7. The minimum atomic E-state index is -0.791. The van der Waals surface area contributed by atoms with Crippen LogP contribution in [0.2, 0.25) is 0 Å². The van der Waals surface area contributed by atoms with Gasteiger partial charge < -0.3 is 15.2 Å². The van der Waals surface area contributed by atoms with Gasteiger partial charge in [0.05, 0.1) is 18.4 Å². The van der Waals surface area contributed by atoms with Crippen molar-refractivity contribution in [2.75, 3.05) is 17.3 Å². The van der Waals surface area contributed by atoms with E-state index in [2.05, 4.69) is 5.32 Å². The van der Waals surface area contributed by atoms with Crippen molar-refractivity contribution in [1.29, 1.82) is 0 Å². The number of rotatable bonds is 4. The summed E-state index contributed by atoms with van der Waals surface area (Å²) in [6, 6.07) is 12.6. The van der Waals surface area contributed by atoms with E-state index in [9.17, 15) is 19.5 Å². The fraction of sp³-hybridized carbons (Fsp3) is 0.105. The third-order valence-electron chi connectivity index (χ3n) is 3.88. The summed E-state index contributed by atoms with van der Waals surface area (Å²) < 4.78 is 5.06. The molecule has 1 aliphatic rings. The Bertz CT molecular complexity index is 914. The van der Waals surface area contributed by atoms with E-state index in [4.69, 9.17) is 4.74 Å².